The molecule has 1 atom stereocenters. The Hall–Kier alpha value is -0.0800. The molecule has 0 fully saturated rings. The summed E-state index contributed by atoms with van der Waals surface area (Å²) in [5.74, 6) is 0. The van der Waals surface area contributed by atoms with Crippen molar-refractivity contribution in [1.29, 1.82) is 0 Å². The molecule has 0 radical (unpaired) electrons. The zero-order valence-electron chi connectivity index (χ0n) is 12.4. The molecule has 0 aromatic heterocycles. The third kappa shape index (κ3) is 5.86. The topological polar surface area (TPSA) is 24.1 Å². The molecule has 98 valence electrons. The first-order chi connectivity index (χ1) is 7.28. The van der Waals surface area contributed by atoms with Crippen molar-refractivity contribution in [1.82, 2.24) is 10.6 Å². The Balaban J connectivity index is 4.04. The minimum Gasteiger partial charge on any atom is -0.310 e. The molecule has 16 heavy (non-hydrogen) atoms. The third-order valence-electron chi connectivity index (χ3n) is 3.93. The van der Waals surface area contributed by atoms with E-state index in [0.29, 0.717) is 6.04 Å². The molecule has 0 saturated carbocycles. The van der Waals surface area contributed by atoms with Gasteiger partial charge in [0.05, 0.1) is 0 Å². The molecule has 0 saturated heterocycles. The summed E-state index contributed by atoms with van der Waals surface area (Å²) < 4.78 is 0. The normalized spacial score (nSPS) is 15.2. The van der Waals surface area contributed by atoms with Gasteiger partial charge in [-0.15, -0.1) is 0 Å². The van der Waals surface area contributed by atoms with Crippen LogP contribution in [0, 0.1) is 0 Å². The van der Waals surface area contributed by atoms with Crippen LogP contribution in [0.5, 0.6) is 0 Å². The van der Waals surface area contributed by atoms with Gasteiger partial charge in [-0.2, -0.15) is 0 Å². The van der Waals surface area contributed by atoms with Crippen LogP contribution in [0.15, 0.2) is 0 Å². The highest BCUT2D eigenvalue weighted by Crippen LogP contribution is 2.14. The summed E-state index contributed by atoms with van der Waals surface area (Å²) in [5.41, 5.74) is 0.544. The molecule has 1 unspecified atom stereocenters. The van der Waals surface area contributed by atoms with E-state index in [1.165, 1.54) is 19.3 Å². The van der Waals surface area contributed by atoms with Gasteiger partial charge in [0.25, 0.3) is 0 Å². The number of hydrogen-bond donors (Lipinski definition) is 2. The molecule has 0 aliphatic carbocycles. The number of hydrogen-bond acceptors (Lipinski definition) is 2. The van der Waals surface area contributed by atoms with Gasteiger partial charge in [0.1, 0.15) is 0 Å². The van der Waals surface area contributed by atoms with Crippen LogP contribution in [0.4, 0.5) is 0 Å². The highest BCUT2D eigenvalue weighted by molar-refractivity contribution is 4.85. The Kier molecular flexibility index (Phi) is 6.57. The zero-order valence-corrected chi connectivity index (χ0v) is 12.4. The molecular weight excluding hydrogens is 196 g/mol. The molecule has 0 aromatic rings. The predicted molar refractivity (Wildman–Crippen MR) is 74.0 cm³/mol. The smallest absolute Gasteiger partial charge is 0.0169 e. The van der Waals surface area contributed by atoms with Crippen LogP contribution in [0.25, 0.3) is 0 Å². The summed E-state index contributed by atoms with van der Waals surface area (Å²) in [6.07, 6.45) is 3.54. The van der Waals surface area contributed by atoms with E-state index in [9.17, 15) is 0 Å². The van der Waals surface area contributed by atoms with Gasteiger partial charge < -0.3 is 10.6 Å². The van der Waals surface area contributed by atoms with Crippen molar-refractivity contribution in [3.63, 3.8) is 0 Å². The molecule has 0 aromatic carbocycles. The maximum absolute atomic E-state index is 3.73. The molecule has 0 amide bonds. The first-order valence-electron chi connectivity index (χ1n) is 6.81. The average molecular weight is 228 g/mol. The van der Waals surface area contributed by atoms with Crippen LogP contribution in [0.1, 0.15) is 67.7 Å². The van der Waals surface area contributed by atoms with Gasteiger partial charge in [0.15, 0.2) is 0 Å². The van der Waals surface area contributed by atoms with E-state index in [4.69, 9.17) is 0 Å². The molecule has 0 spiro atoms. The Bertz CT molecular complexity index is 183. The fourth-order valence-corrected chi connectivity index (χ4v) is 1.65. The van der Waals surface area contributed by atoms with Crippen molar-refractivity contribution in [2.45, 2.75) is 84.8 Å². The second kappa shape index (κ2) is 6.61. The first kappa shape index (κ1) is 15.9. The first-order valence-corrected chi connectivity index (χ1v) is 6.81. The number of rotatable bonds is 8. The van der Waals surface area contributed by atoms with Gasteiger partial charge in [0.2, 0.25) is 0 Å². The predicted octanol–water partition coefficient (Wildman–Crippen LogP) is 3.32. The van der Waals surface area contributed by atoms with E-state index in [0.717, 1.165) is 6.54 Å². The summed E-state index contributed by atoms with van der Waals surface area (Å²) >= 11 is 0. The van der Waals surface area contributed by atoms with Crippen molar-refractivity contribution < 1.29 is 0 Å². The Morgan fingerprint density at radius 1 is 0.938 bits per heavy atom. The van der Waals surface area contributed by atoms with Crippen molar-refractivity contribution in [2.24, 2.45) is 0 Å². The Morgan fingerprint density at radius 3 is 1.81 bits per heavy atom. The molecule has 0 aliphatic rings. The van der Waals surface area contributed by atoms with Gasteiger partial charge >= 0.3 is 0 Å². The third-order valence-corrected chi connectivity index (χ3v) is 3.93. The lowest BCUT2D eigenvalue weighted by Gasteiger charge is -2.34. The van der Waals surface area contributed by atoms with Crippen LogP contribution >= 0.6 is 0 Å². The zero-order chi connectivity index (χ0) is 12.8. The van der Waals surface area contributed by atoms with Crippen molar-refractivity contribution in [3.05, 3.63) is 0 Å². The molecular formula is C14H32N2. The summed E-state index contributed by atoms with van der Waals surface area (Å²) in [6.45, 7) is 16.9. The molecule has 2 heteroatoms. The minimum absolute atomic E-state index is 0.255. The van der Waals surface area contributed by atoms with Crippen molar-refractivity contribution in [3.8, 4) is 0 Å². The molecule has 0 bridgehead atoms. The minimum atomic E-state index is 0.255. The van der Waals surface area contributed by atoms with Crippen molar-refractivity contribution in [2.75, 3.05) is 6.54 Å². The highest BCUT2D eigenvalue weighted by Gasteiger charge is 2.22. The second-order valence-corrected chi connectivity index (χ2v) is 5.93. The van der Waals surface area contributed by atoms with E-state index >= 15 is 0 Å². The number of nitrogens with one attached hydrogen (secondary N) is 2. The van der Waals surface area contributed by atoms with E-state index in [2.05, 4.69) is 59.1 Å². The van der Waals surface area contributed by atoms with Crippen molar-refractivity contribution >= 4 is 0 Å². The van der Waals surface area contributed by atoms with E-state index in [1.807, 2.05) is 0 Å². The standard InChI is InChI=1S/C14H32N2/c1-8-13(5,6)15-11-12(4)16-14(7,9-2)10-3/h12,15-16H,8-11H2,1-7H3. The lowest BCUT2D eigenvalue weighted by Crippen LogP contribution is -2.52. The Morgan fingerprint density at radius 2 is 1.44 bits per heavy atom. The van der Waals surface area contributed by atoms with Gasteiger partial charge in [-0.1, -0.05) is 20.8 Å². The largest absolute Gasteiger partial charge is 0.310 e. The average Bonchev–Trinajstić information content (AvgIpc) is 2.26. The lowest BCUT2D eigenvalue weighted by molar-refractivity contribution is 0.273. The highest BCUT2D eigenvalue weighted by atomic mass is 15.1. The summed E-state index contributed by atoms with van der Waals surface area (Å²) in [4.78, 5) is 0. The van der Waals surface area contributed by atoms with E-state index < -0.39 is 0 Å². The molecule has 0 aliphatic heterocycles. The molecule has 2 N–H and O–H groups in total. The SMILES string of the molecule is CCC(C)(C)NCC(C)NC(C)(CC)CC. The van der Waals surface area contributed by atoms with Gasteiger partial charge in [-0.05, 0) is 47.0 Å². The van der Waals surface area contributed by atoms with Crippen LogP contribution in [-0.4, -0.2) is 23.7 Å². The fraction of sp³-hybridized carbons (Fsp3) is 1.00. The summed E-state index contributed by atoms with van der Waals surface area (Å²) in [6, 6.07) is 0.524. The quantitative estimate of drug-likeness (QED) is 0.666. The molecule has 0 heterocycles. The van der Waals surface area contributed by atoms with Crippen LogP contribution in [-0.2, 0) is 0 Å². The summed E-state index contributed by atoms with van der Waals surface area (Å²) in [5, 5.41) is 7.34. The summed E-state index contributed by atoms with van der Waals surface area (Å²) in [7, 11) is 0. The molecule has 0 rings (SSSR count). The maximum atomic E-state index is 3.73. The van der Waals surface area contributed by atoms with E-state index in [1.54, 1.807) is 0 Å². The van der Waals surface area contributed by atoms with Gasteiger partial charge in [-0.25, -0.2) is 0 Å². The van der Waals surface area contributed by atoms with E-state index in [-0.39, 0.29) is 11.1 Å². The molecule has 2 nitrogen and oxygen atoms in total. The van der Waals surface area contributed by atoms with Crippen LogP contribution in [0.3, 0.4) is 0 Å². The van der Waals surface area contributed by atoms with Crippen LogP contribution < -0.4 is 10.6 Å². The maximum Gasteiger partial charge on any atom is 0.0169 e. The van der Waals surface area contributed by atoms with Gasteiger partial charge in [-0.3, -0.25) is 0 Å². The second-order valence-electron chi connectivity index (χ2n) is 5.93. The monoisotopic (exact) mass is 228 g/mol. The lowest BCUT2D eigenvalue weighted by atomic mass is 9.94. The van der Waals surface area contributed by atoms with Gasteiger partial charge in [0, 0.05) is 23.7 Å². The fourth-order valence-electron chi connectivity index (χ4n) is 1.65. The Labute approximate surface area is 103 Å². The van der Waals surface area contributed by atoms with Crippen LogP contribution in [0.2, 0.25) is 0 Å².